The van der Waals surface area contributed by atoms with Crippen LogP contribution in [-0.2, 0) is 18.5 Å². The summed E-state index contributed by atoms with van der Waals surface area (Å²) in [5.41, 5.74) is 0.264. The molecule has 0 saturated heterocycles. The number of methoxy groups -OCH3 is 1. The van der Waals surface area contributed by atoms with Crippen molar-refractivity contribution in [3.8, 4) is 11.4 Å². The van der Waals surface area contributed by atoms with Crippen molar-refractivity contribution in [2.45, 2.75) is 23.6 Å². The lowest BCUT2D eigenvalue weighted by molar-refractivity contribution is -0.384. The van der Waals surface area contributed by atoms with Gasteiger partial charge >= 0.3 is 6.18 Å². The number of rotatable bonds is 9. The normalized spacial score (nSPS) is 11.3. The van der Waals surface area contributed by atoms with Crippen LogP contribution in [0.1, 0.15) is 27.3 Å². The number of nitro benzene ring substituents is 1. The van der Waals surface area contributed by atoms with Crippen LogP contribution in [0.15, 0.2) is 78.0 Å². The van der Waals surface area contributed by atoms with E-state index in [1.807, 2.05) is 24.3 Å². The molecule has 1 aromatic heterocycles. The van der Waals surface area contributed by atoms with Gasteiger partial charge in [-0.15, -0.1) is 10.2 Å². The molecule has 0 aliphatic heterocycles. The van der Waals surface area contributed by atoms with E-state index < -0.39 is 22.6 Å². The summed E-state index contributed by atoms with van der Waals surface area (Å²) < 4.78 is 46.0. The number of hydrogen-bond acceptors (Lipinski definition) is 7. The number of benzene rings is 3. The number of aromatic nitrogens is 3. The average molecular weight is 544 g/mol. The summed E-state index contributed by atoms with van der Waals surface area (Å²) in [5.74, 6) is 0.754. The Labute approximate surface area is 218 Å². The van der Waals surface area contributed by atoms with Gasteiger partial charge in [0.25, 0.3) is 11.6 Å². The van der Waals surface area contributed by atoms with Gasteiger partial charge in [0.15, 0.2) is 11.0 Å². The molecule has 1 amide bonds. The van der Waals surface area contributed by atoms with Crippen molar-refractivity contribution in [2.24, 2.45) is 0 Å². The number of amides is 1. The van der Waals surface area contributed by atoms with Crippen LogP contribution in [0.3, 0.4) is 0 Å². The fraction of sp³-hybridized carbons (Fsp3) is 0.160. The van der Waals surface area contributed by atoms with Crippen molar-refractivity contribution < 1.29 is 27.6 Å². The van der Waals surface area contributed by atoms with Crippen molar-refractivity contribution in [3.63, 3.8) is 0 Å². The summed E-state index contributed by atoms with van der Waals surface area (Å²) in [6.07, 6.45) is -4.58. The van der Waals surface area contributed by atoms with E-state index in [4.69, 9.17) is 4.74 Å². The fourth-order valence-corrected chi connectivity index (χ4v) is 4.41. The molecule has 0 aliphatic carbocycles. The van der Waals surface area contributed by atoms with Crippen molar-refractivity contribution >= 4 is 23.4 Å². The minimum absolute atomic E-state index is 0.105. The number of carbonyl (C=O) groups is 1. The van der Waals surface area contributed by atoms with Crippen LogP contribution in [0.4, 0.5) is 18.9 Å². The molecular weight excluding hydrogens is 523 g/mol. The lowest BCUT2D eigenvalue weighted by Gasteiger charge is -2.12. The summed E-state index contributed by atoms with van der Waals surface area (Å²) in [7, 11) is 1.57. The van der Waals surface area contributed by atoms with Crippen molar-refractivity contribution in [1.29, 1.82) is 0 Å². The highest BCUT2D eigenvalue weighted by Crippen LogP contribution is 2.30. The molecule has 0 atom stereocenters. The lowest BCUT2D eigenvalue weighted by atomic mass is 10.1. The van der Waals surface area contributed by atoms with Crippen LogP contribution >= 0.6 is 11.8 Å². The Bertz CT molecular complexity index is 1460. The number of thioether (sulfide) groups is 1. The molecule has 0 spiro atoms. The third-order valence-corrected chi connectivity index (χ3v) is 6.38. The van der Waals surface area contributed by atoms with Crippen LogP contribution in [0.2, 0.25) is 0 Å². The topological polar surface area (TPSA) is 112 Å². The van der Waals surface area contributed by atoms with Crippen LogP contribution in [-0.4, -0.2) is 32.7 Å². The maximum Gasteiger partial charge on any atom is 0.416 e. The van der Waals surface area contributed by atoms with Gasteiger partial charge < -0.3 is 10.1 Å². The molecular formula is C25H20F3N5O4S. The van der Waals surface area contributed by atoms with E-state index in [9.17, 15) is 28.1 Å². The van der Waals surface area contributed by atoms with E-state index in [0.29, 0.717) is 22.3 Å². The SMILES string of the molecule is COc1cccc(CSc2nnc(CNC(=O)c3cccc(C(F)(F)F)c3)n2-c2ccc([N+](=O)[O-])cc2)c1. The van der Waals surface area contributed by atoms with E-state index in [-0.39, 0.29) is 23.6 Å². The largest absolute Gasteiger partial charge is 0.497 e. The number of ether oxygens (including phenoxy) is 1. The first kappa shape index (κ1) is 26.7. The monoisotopic (exact) mass is 543 g/mol. The second-order valence-electron chi connectivity index (χ2n) is 7.91. The Morgan fingerprint density at radius 3 is 2.50 bits per heavy atom. The predicted molar refractivity (Wildman–Crippen MR) is 133 cm³/mol. The molecule has 9 nitrogen and oxygen atoms in total. The number of non-ortho nitro benzene ring substituents is 1. The summed E-state index contributed by atoms with van der Waals surface area (Å²) in [4.78, 5) is 23.2. The van der Waals surface area contributed by atoms with Gasteiger partial charge in [-0.1, -0.05) is 30.0 Å². The zero-order valence-electron chi connectivity index (χ0n) is 19.8. The molecule has 13 heteroatoms. The molecule has 196 valence electrons. The standard InChI is InChI=1S/C25H20F3N5O4S/c1-37-21-7-2-4-16(12-21)15-38-24-31-30-22(32(24)19-8-10-20(11-9-19)33(35)36)14-29-23(34)17-5-3-6-18(13-17)25(26,27)28/h2-13H,14-15H2,1H3,(H,29,34). The van der Waals surface area contributed by atoms with Gasteiger partial charge in [0.05, 0.1) is 24.1 Å². The number of carbonyl (C=O) groups excluding carboxylic acids is 1. The second-order valence-corrected chi connectivity index (χ2v) is 8.85. The Morgan fingerprint density at radius 2 is 1.82 bits per heavy atom. The quantitative estimate of drug-likeness (QED) is 0.170. The Balaban J connectivity index is 1.59. The fourth-order valence-electron chi connectivity index (χ4n) is 3.50. The van der Waals surface area contributed by atoms with Crippen LogP contribution in [0.5, 0.6) is 5.75 Å². The van der Waals surface area contributed by atoms with Gasteiger partial charge in [-0.3, -0.25) is 19.5 Å². The highest BCUT2D eigenvalue weighted by molar-refractivity contribution is 7.98. The van der Waals surface area contributed by atoms with Crippen LogP contribution in [0, 0.1) is 10.1 Å². The van der Waals surface area contributed by atoms with Crippen LogP contribution in [0.25, 0.3) is 5.69 Å². The van der Waals surface area contributed by atoms with E-state index in [0.717, 1.165) is 23.8 Å². The third-order valence-electron chi connectivity index (χ3n) is 5.38. The van der Waals surface area contributed by atoms with E-state index >= 15 is 0 Å². The van der Waals surface area contributed by atoms with Gasteiger partial charge in [-0.05, 0) is 48.0 Å². The first-order chi connectivity index (χ1) is 18.2. The number of nitro groups is 1. The molecule has 1 N–H and O–H groups in total. The summed E-state index contributed by atoms with van der Waals surface area (Å²) in [6, 6.07) is 17.3. The number of halogens is 3. The Kier molecular flexibility index (Phi) is 7.96. The van der Waals surface area contributed by atoms with Gasteiger partial charge in [0.2, 0.25) is 0 Å². The maximum absolute atomic E-state index is 13.0. The molecule has 0 fully saturated rings. The summed E-state index contributed by atoms with van der Waals surface area (Å²) >= 11 is 1.34. The van der Waals surface area contributed by atoms with Crippen molar-refractivity contribution in [1.82, 2.24) is 20.1 Å². The molecule has 0 unspecified atom stereocenters. The maximum atomic E-state index is 13.0. The summed E-state index contributed by atoms with van der Waals surface area (Å²) in [5, 5.41) is 22.5. The van der Waals surface area contributed by atoms with Crippen molar-refractivity contribution in [2.75, 3.05) is 7.11 Å². The Morgan fingerprint density at radius 1 is 1.08 bits per heavy atom. The number of nitrogens with one attached hydrogen (secondary N) is 1. The van der Waals surface area contributed by atoms with Crippen molar-refractivity contribution in [3.05, 3.63) is 105 Å². The number of nitrogens with zero attached hydrogens (tertiary/aromatic N) is 4. The minimum atomic E-state index is -4.58. The van der Waals surface area contributed by atoms with Crippen LogP contribution < -0.4 is 10.1 Å². The van der Waals surface area contributed by atoms with E-state index in [2.05, 4.69) is 15.5 Å². The average Bonchev–Trinajstić information content (AvgIpc) is 3.33. The minimum Gasteiger partial charge on any atom is -0.497 e. The zero-order chi connectivity index (χ0) is 27.3. The molecule has 3 aromatic carbocycles. The highest BCUT2D eigenvalue weighted by Gasteiger charge is 2.31. The van der Waals surface area contributed by atoms with E-state index in [1.165, 1.54) is 42.1 Å². The molecule has 0 radical (unpaired) electrons. The molecule has 0 aliphatic rings. The van der Waals surface area contributed by atoms with Gasteiger partial charge in [-0.25, -0.2) is 0 Å². The Hall–Kier alpha value is -4.39. The second kappa shape index (κ2) is 11.3. The first-order valence-electron chi connectivity index (χ1n) is 11.1. The number of hydrogen-bond donors (Lipinski definition) is 1. The molecule has 0 saturated carbocycles. The number of alkyl halides is 3. The first-order valence-corrected chi connectivity index (χ1v) is 12.0. The predicted octanol–water partition coefficient (Wildman–Crippen LogP) is 5.43. The molecule has 38 heavy (non-hydrogen) atoms. The highest BCUT2D eigenvalue weighted by atomic mass is 32.2. The molecule has 4 rings (SSSR count). The van der Waals surface area contributed by atoms with Gasteiger partial charge in [-0.2, -0.15) is 13.2 Å². The molecule has 1 heterocycles. The van der Waals surface area contributed by atoms with E-state index in [1.54, 1.807) is 11.7 Å². The molecule has 0 bridgehead atoms. The smallest absolute Gasteiger partial charge is 0.416 e. The zero-order valence-corrected chi connectivity index (χ0v) is 20.6. The van der Waals surface area contributed by atoms with Gasteiger partial charge in [0, 0.05) is 29.1 Å². The molecule has 4 aromatic rings. The third kappa shape index (κ3) is 6.29. The lowest BCUT2D eigenvalue weighted by Crippen LogP contribution is -2.25. The summed E-state index contributed by atoms with van der Waals surface area (Å²) in [6.45, 7) is -0.154. The van der Waals surface area contributed by atoms with Gasteiger partial charge in [0.1, 0.15) is 5.75 Å².